The lowest BCUT2D eigenvalue weighted by molar-refractivity contribution is -0.128. The Morgan fingerprint density at radius 2 is 2.25 bits per heavy atom. The lowest BCUT2D eigenvalue weighted by atomic mass is 10.3. The van der Waals surface area contributed by atoms with Crippen LogP contribution in [0.25, 0.3) is 0 Å². The standard InChI is InChI=1S/C14H14ClFN2OS/c1-18(9-11-3-2-6-20-11)14(19)8-17-10-4-5-13(16)12(15)7-10/h2-7,17H,8-9H2,1H3. The summed E-state index contributed by atoms with van der Waals surface area (Å²) in [5.41, 5.74) is 0.620. The first kappa shape index (κ1) is 14.8. The van der Waals surface area contributed by atoms with Crippen molar-refractivity contribution in [2.24, 2.45) is 0 Å². The molecule has 2 aromatic rings. The number of nitrogens with zero attached hydrogens (tertiary/aromatic N) is 1. The Morgan fingerprint density at radius 1 is 1.45 bits per heavy atom. The van der Waals surface area contributed by atoms with E-state index < -0.39 is 5.82 Å². The number of nitrogens with one attached hydrogen (secondary N) is 1. The van der Waals surface area contributed by atoms with Crippen molar-refractivity contribution in [3.8, 4) is 0 Å². The molecule has 1 aromatic carbocycles. The molecular weight excluding hydrogens is 299 g/mol. The maximum Gasteiger partial charge on any atom is 0.241 e. The minimum atomic E-state index is -0.474. The topological polar surface area (TPSA) is 32.3 Å². The summed E-state index contributed by atoms with van der Waals surface area (Å²) >= 11 is 7.29. The van der Waals surface area contributed by atoms with Gasteiger partial charge in [0.25, 0.3) is 0 Å². The Bertz CT molecular complexity index is 589. The minimum Gasteiger partial charge on any atom is -0.376 e. The van der Waals surface area contributed by atoms with Crippen LogP contribution in [-0.2, 0) is 11.3 Å². The van der Waals surface area contributed by atoms with Crippen LogP contribution in [0.15, 0.2) is 35.7 Å². The Hall–Kier alpha value is -1.59. The molecule has 20 heavy (non-hydrogen) atoms. The zero-order chi connectivity index (χ0) is 14.5. The van der Waals surface area contributed by atoms with E-state index in [1.807, 2.05) is 17.5 Å². The summed E-state index contributed by atoms with van der Waals surface area (Å²) in [6.07, 6.45) is 0. The Kier molecular flexibility index (Phi) is 4.98. The van der Waals surface area contributed by atoms with E-state index in [-0.39, 0.29) is 17.5 Å². The molecule has 6 heteroatoms. The van der Waals surface area contributed by atoms with Crippen LogP contribution in [0.4, 0.5) is 10.1 Å². The smallest absolute Gasteiger partial charge is 0.241 e. The third-order valence-corrected chi connectivity index (χ3v) is 3.91. The van der Waals surface area contributed by atoms with Crippen molar-refractivity contribution in [1.82, 2.24) is 4.90 Å². The SMILES string of the molecule is CN(Cc1cccs1)C(=O)CNc1ccc(F)c(Cl)c1. The lowest BCUT2D eigenvalue weighted by Gasteiger charge is -2.17. The first-order valence-electron chi connectivity index (χ1n) is 6.01. The Labute approximate surface area is 126 Å². The summed E-state index contributed by atoms with van der Waals surface area (Å²) in [5, 5.41) is 4.95. The molecule has 0 aliphatic heterocycles. The van der Waals surface area contributed by atoms with Gasteiger partial charge in [0, 0.05) is 17.6 Å². The molecule has 1 aromatic heterocycles. The molecule has 0 bridgehead atoms. The third kappa shape index (κ3) is 3.95. The van der Waals surface area contributed by atoms with Crippen molar-refractivity contribution in [1.29, 1.82) is 0 Å². The number of hydrogen-bond acceptors (Lipinski definition) is 3. The van der Waals surface area contributed by atoms with Crippen molar-refractivity contribution in [3.05, 3.63) is 51.4 Å². The second-order valence-electron chi connectivity index (χ2n) is 4.31. The number of benzene rings is 1. The van der Waals surface area contributed by atoms with E-state index in [2.05, 4.69) is 5.32 Å². The number of amides is 1. The molecule has 0 aliphatic carbocycles. The van der Waals surface area contributed by atoms with Gasteiger partial charge in [0.1, 0.15) is 5.82 Å². The van der Waals surface area contributed by atoms with E-state index in [1.165, 1.54) is 12.1 Å². The van der Waals surface area contributed by atoms with Crippen molar-refractivity contribution < 1.29 is 9.18 Å². The summed E-state index contributed by atoms with van der Waals surface area (Å²) in [6.45, 7) is 0.728. The maximum absolute atomic E-state index is 13.0. The monoisotopic (exact) mass is 312 g/mol. The maximum atomic E-state index is 13.0. The van der Waals surface area contributed by atoms with E-state index in [1.54, 1.807) is 29.4 Å². The molecule has 1 N–H and O–H groups in total. The van der Waals surface area contributed by atoms with Crippen LogP contribution in [0.2, 0.25) is 5.02 Å². The average molecular weight is 313 g/mol. The van der Waals surface area contributed by atoms with Crippen LogP contribution in [0.5, 0.6) is 0 Å². The molecule has 2 rings (SSSR count). The Balaban J connectivity index is 1.86. The van der Waals surface area contributed by atoms with Crippen molar-refractivity contribution in [2.75, 3.05) is 18.9 Å². The molecule has 1 heterocycles. The zero-order valence-electron chi connectivity index (χ0n) is 10.9. The van der Waals surface area contributed by atoms with Crippen LogP contribution in [0.1, 0.15) is 4.88 Å². The van der Waals surface area contributed by atoms with Gasteiger partial charge in [0.15, 0.2) is 0 Å². The zero-order valence-corrected chi connectivity index (χ0v) is 12.5. The number of thiophene rings is 1. The highest BCUT2D eigenvalue weighted by Gasteiger charge is 2.10. The highest BCUT2D eigenvalue weighted by Crippen LogP contribution is 2.19. The second-order valence-corrected chi connectivity index (χ2v) is 5.75. The van der Waals surface area contributed by atoms with E-state index in [4.69, 9.17) is 11.6 Å². The fourth-order valence-corrected chi connectivity index (χ4v) is 2.58. The van der Waals surface area contributed by atoms with Gasteiger partial charge in [-0.15, -0.1) is 11.3 Å². The predicted molar refractivity (Wildman–Crippen MR) is 80.7 cm³/mol. The number of halogens is 2. The highest BCUT2D eigenvalue weighted by atomic mass is 35.5. The first-order valence-corrected chi connectivity index (χ1v) is 7.27. The van der Waals surface area contributed by atoms with Gasteiger partial charge in [0.2, 0.25) is 5.91 Å². The number of carbonyl (C=O) groups is 1. The summed E-state index contributed by atoms with van der Waals surface area (Å²) in [4.78, 5) is 14.7. The van der Waals surface area contributed by atoms with Gasteiger partial charge < -0.3 is 10.2 Å². The van der Waals surface area contributed by atoms with E-state index in [9.17, 15) is 9.18 Å². The van der Waals surface area contributed by atoms with E-state index in [0.29, 0.717) is 12.2 Å². The molecule has 0 unspecified atom stereocenters. The van der Waals surface area contributed by atoms with Gasteiger partial charge in [-0.2, -0.15) is 0 Å². The van der Waals surface area contributed by atoms with Crippen LogP contribution in [0.3, 0.4) is 0 Å². The lowest BCUT2D eigenvalue weighted by Crippen LogP contribution is -2.31. The normalized spacial score (nSPS) is 10.3. The Morgan fingerprint density at radius 3 is 2.90 bits per heavy atom. The van der Waals surface area contributed by atoms with Gasteiger partial charge in [0.05, 0.1) is 18.1 Å². The summed E-state index contributed by atoms with van der Waals surface area (Å²) in [7, 11) is 1.75. The first-order chi connectivity index (χ1) is 9.56. The fourth-order valence-electron chi connectivity index (χ4n) is 1.64. The van der Waals surface area contributed by atoms with Crippen LogP contribution < -0.4 is 5.32 Å². The molecule has 0 spiro atoms. The number of likely N-dealkylation sites (N-methyl/N-ethyl adjacent to an activating group) is 1. The van der Waals surface area contributed by atoms with Gasteiger partial charge in [-0.25, -0.2) is 4.39 Å². The van der Waals surface area contributed by atoms with Gasteiger partial charge >= 0.3 is 0 Å². The molecular formula is C14H14ClFN2OS. The summed E-state index contributed by atoms with van der Waals surface area (Å²) < 4.78 is 13.0. The summed E-state index contributed by atoms with van der Waals surface area (Å²) in [6, 6.07) is 8.22. The molecule has 106 valence electrons. The van der Waals surface area contributed by atoms with Crippen LogP contribution >= 0.6 is 22.9 Å². The fraction of sp³-hybridized carbons (Fsp3) is 0.214. The molecule has 0 aliphatic rings. The third-order valence-electron chi connectivity index (χ3n) is 2.76. The molecule has 3 nitrogen and oxygen atoms in total. The van der Waals surface area contributed by atoms with Crippen LogP contribution in [0, 0.1) is 5.82 Å². The van der Waals surface area contributed by atoms with Crippen LogP contribution in [-0.4, -0.2) is 24.4 Å². The average Bonchev–Trinajstić information content (AvgIpc) is 2.92. The predicted octanol–water partition coefficient (Wildman–Crippen LogP) is 3.61. The highest BCUT2D eigenvalue weighted by molar-refractivity contribution is 7.09. The largest absolute Gasteiger partial charge is 0.376 e. The van der Waals surface area contributed by atoms with Crippen molar-refractivity contribution in [3.63, 3.8) is 0 Å². The van der Waals surface area contributed by atoms with Gasteiger partial charge in [-0.3, -0.25) is 4.79 Å². The minimum absolute atomic E-state index is 0.0365. The molecule has 0 atom stereocenters. The van der Waals surface area contributed by atoms with Gasteiger partial charge in [-0.05, 0) is 29.6 Å². The van der Waals surface area contributed by atoms with E-state index in [0.717, 1.165) is 4.88 Å². The van der Waals surface area contributed by atoms with E-state index >= 15 is 0 Å². The molecule has 0 radical (unpaired) electrons. The number of hydrogen-bond donors (Lipinski definition) is 1. The number of rotatable bonds is 5. The summed E-state index contributed by atoms with van der Waals surface area (Å²) in [5.74, 6) is -0.516. The molecule has 0 fully saturated rings. The van der Waals surface area contributed by atoms with Crippen molar-refractivity contribution >= 4 is 34.5 Å². The number of carbonyl (C=O) groups excluding carboxylic acids is 1. The molecule has 0 saturated heterocycles. The molecule has 0 saturated carbocycles. The molecule has 1 amide bonds. The quantitative estimate of drug-likeness (QED) is 0.914. The van der Waals surface area contributed by atoms with Crippen molar-refractivity contribution in [2.45, 2.75) is 6.54 Å². The number of anilines is 1. The second kappa shape index (κ2) is 6.72. The van der Waals surface area contributed by atoms with Gasteiger partial charge in [-0.1, -0.05) is 17.7 Å².